The van der Waals surface area contributed by atoms with Crippen molar-refractivity contribution in [2.45, 2.75) is 82.5 Å². The summed E-state index contributed by atoms with van der Waals surface area (Å²) in [5, 5.41) is 13.1. The van der Waals surface area contributed by atoms with Gasteiger partial charge in [-0.25, -0.2) is 9.18 Å². The smallest absolute Gasteiger partial charge is 0.341 e. The number of carbonyl (C=O) groups is 2. The van der Waals surface area contributed by atoms with Crippen molar-refractivity contribution in [3.63, 3.8) is 0 Å². The van der Waals surface area contributed by atoms with Gasteiger partial charge in [0.2, 0.25) is 5.91 Å². The van der Waals surface area contributed by atoms with Crippen molar-refractivity contribution in [1.82, 2.24) is 14.8 Å². The highest BCUT2D eigenvalue weighted by atomic mass is 32.2. The summed E-state index contributed by atoms with van der Waals surface area (Å²) < 4.78 is 27.2. The molecular weight excluding hydrogens is 575 g/mol. The number of thioether (sulfide) groups is 1. The van der Waals surface area contributed by atoms with Gasteiger partial charge in [0.1, 0.15) is 11.6 Å². The molecule has 2 bridgehead atoms. The Morgan fingerprint density at radius 1 is 1.17 bits per heavy atom. The van der Waals surface area contributed by atoms with Gasteiger partial charge in [-0.3, -0.25) is 9.36 Å². The van der Waals surface area contributed by atoms with Crippen molar-refractivity contribution in [3.8, 4) is 5.75 Å². The van der Waals surface area contributed by atoms with Crippen LogP contribution in [0.15, 0.2) is 29.4 Å². The number of nitrogens with one attached hydrogen (secondary N) is 1. The molecule has 1 N–H and O–H groups in total. The van der Waals surface area contributed by atoms with Crippen LogP contribution in [0.2, 0.25) is 0 Å². The van der Waals surface area contributed by atoms with Crippen LogP contribution in [0.1, 0.15) is 84.5 Å². The average molecular weight is 613 g/mol. The zero-order valence-corrected chi connectivity index (χ0v) is 25.7. The summed E-state index contributed by atoms with van der Waals surface area (Å²) in [7, 11) is 1.38. The Kier molecular flexibility index (Phi) is 8.85. The average Bonchev–Trinajstić information content (AvgIpc) is 3.76. The molecule has 2 aromatic heterocycles. The maximum Gasteiger partial charge on any atom is 0.341 e. The predicted molar refractivity (Wildman–Crippen MR) is 161 cm³/mol. The zero-order chi connectivity index (χ0) is 29.2. The SMILES string of the molecule is COC(=O)c1c(NC(=O)CSc2nnc(COc3ccccc3F)n2[C@H](C)[C@H]2C[C@H]3CC[C@H]2C3)sc2c1CCCCC2. The fourth-order valence-electron chi connectivity index (χ4n) is 7.14. The molecule has 1 amide bonds. The van der Waals surface area contributed by atoms with Crippen LogP contribution in [-0.4, -0.2) is 39.5 Å². The maximum absolute atomic E-state index is 14.2. The molecule has 6 rings (SSSR count). The molecule has 2 heterocycles. The molecule has 3 aromatic rings. The summed E-state index contributed by atoms with van der Waals surface area (Å²) in [5.41, 5.74) is 1.52. The number of halogens is 1. The highest BCUT2D eigenvalue weighted by Crippen LogP contribution is 2.52. The van der Waals surface area contributed by atoms with E-state index in [2.05, 4.69) is 27.0 Å². The number of benzene rings is 1. The second kappa shape index (κ2) is 12.8. The molecule has 3 aliphatic rings. The lowest BCUT2D eigenvalue weighted by atomic mass is 9.84. The van der Waals surface area contributed by atoms with E-state index >= 15 is 0 Å². The number of esters is 1. The van der Waals surface area contributed by atoms with Crippen LogP contribution in [0.5, 0.6) is 5.75 Å². The summed E-state index contributed by atoms with van der Waals surface area (Å²) in [6.07, 6.45) is 9.99. The van der Waals surface area contributed by atoms with Gasteiger partial charge >= 0.3 is 5.97 Å². The Hall–Kier alpha value is -2.92. The van der Waals surface area contributed by atoms with Gasteiger partial charge in [-0.15, -0.1) is 21.5 Å². The summed E-state index contributed by atoms with van der Waals surface area (Å²) in [4.78, 5) is 27.1. The molecule has 0 unspecified atom stereocenters. The molecule has 0 spiro atoms. The van der Waals surface area contributed by atoms with Gasteiger partial charge < -0.3 is 14.8 Å². The van der Waals surface area contributed by atoms with Crippen LogP contribution in [-0.2, 0) is 29.0 Å². The summed E-state index contributed by atoms with van der Waals surface area (Å²) in [6, 6.07) is 6.46. The third-order valence-corrected chi connectivity index (χ3v) is 11.3. The van der Waals surface area contributed by atoms with Crippen LogP contribution < -0.4 is 10.1 Å². The van der Waals surface area contributed by atoms with Crippen molar-refractivity contribution in [1.29, 1.82) is 0 Å². The van der Waals surface area contributed by atoms with E-state index in [0.29, 0.717) is 33.4 Å². The minimum atomic E-state index is -0.423. The lowest BCUT2D eigenvalue weighted by molar-refractivity contribution is -0.113. The molecule has 42 heavy (non-hydrogen) atoms. The minimum Gasteiger partial charge on any atom is -0.483 e. The highest BCUT2D eigenvalue weighted by molar-refractivity contribution is 7.99. The zero-order valence-electron chi connectivity index (χ0n) is 24.1. The van der Waals surface area contributed by atoms with Gasteiger partial charge in [-0.05, 0) is 87.3 Å². The van der Waals surface area contributed by atoms with Crippen molar-refractivity contribution in [2.75, 3.05) is 18.2 Å². The molecule has 0 radical (unpaired) electrons. The first-order valence-corrected chi connectivity index (χ1v) is 16.7. The molecule has 1 aromatic carbocycles. The molecule has 8 nitrogen and oxygen atoms in total. The molecule has 4 atom stereocenters. The number of rotatable bonds is 10. The second-order valence-corrected chi connectivity index (χ2v) is 13.7. The molecule has 11 heteroatoms. The van der Waals surface area contributed by atoms with E-state index in [1.807, 2.05) is 0 Å². The number of fused-ring (bicyclic) bond motifs is 3. The molecule has 3 aliphatic carbocycles. The summed E-state index contributed by atoms with van der Waals surface area (Å²) in [6.45, 7) is 2.28. The number of aryl methyl sites for hydroxylation is 1. The van der Waals surface area contributed by atoms with Crippen LogP contribution in [0, 0.1) is 23.6 Å². The van der Waals surface area contributed by atoms with E-state index in [-0.39, 0.29) is 30.1 Å². The predicted octanol–water partition coefficient (Wildman–Crippen LogP) is 6.84. The Morgan fingerprint density at radius 2 is 2.00 bits per heavy atom. The summed E-state index contributed by atoms with van der Waals surface area (Å²) >= 11 is 2.81. The van der Waals surface area contributed by atoms with Crippen molar-refractivity contribution < 1.29 is 23.5 Å². The Balaban J connectivity index is 1.19. The molecule has 0 aliphatic heterocycles. The number of anilines is 1. The van der Waals surface area contributed by atoms with E-state index in [1.54, 1.807) is 18.2 Å². The lowest BCUT2D eigenvalue weighted by Crippen LogP contribution is -2.25. The first kappa shape index (κ1) is 29.2. The van der Waals surface area contributed by atoms with Gasteiger partial charge in [0.05, 0.1) is 18.4 Å². The number of amides is 1. The maximum atomic E-state index is 14.2. The topological polar surface area (TPSA) is 95.3 Å². The number of methoxy groups -OCH3 is 1. The Bertz CT molecular complexity index is 1460. The molecule has 224 valence electrons. The van der Waals surface area contributed by atoms with Gasteiger partial charge in [0.25, 0.3) is 0 Å². The number of hydrogen-bond donors (Lipinski definition) is 1. The number of thiophene rings is 1. The van der Waals surface area contributed by atoms with Gasteiger partial charge in [0.15, 0.2) is 22.5 Å². The Labute approximate surface area is 253 Å². The minimum absolute atomic E-state index is 0.0785. The van der Waals surface area contributed by atoms with Gasteiger partial charge in [-0.2, -0.15) is 0 Å². The first-order chi connectivity index (χ1) is 20.4. The van der Waals surface area contributed by atoms with Crippen molar-refractivity contribution in [3.05, 3.63) is 51.9 Å². The number of hydrogen-bond acceptors (Lipinski definition) is 8. The largest absolute Gasteiger partial charge is 0.483 e. The fraction of sp³-hybridized carbons (Fsp3) is 0.548. The van der Waals surface area contributed by atoms with E-state index in [1.165, 1.54) is 62.0 Å². The third kappa shape index (κ3) is 5.95. The van der Waals surface area contributed by atoms with Crippen LogP contribution in [0.3, 0.4) is 0 Å². The number of aromatic nitrogens is 3. The van der Waals surface area contributed by atoms with Crippen LogP contribution >= 0.6 is 23.1 Å². The van der Waals surface area contributed by atoms with E-state index < -0.39 is 11.8 Å². The second-order valence-electron chi connectivity index (χ2n) is 11.7. The number of carbonyl (C=O) groups excluding carboxylic acids is 2. The lowest BCUT2D eigenvalue weighted by Gasteiger charge is -2.30. The number of ether oxygens (including phenoxy) is 2. The molecule has 2 fully saturated rings. The normalized spacial score (nSPS) is 21.9. The number of nitrogens with zero attached hydrogens (tertiary/aromatic N) is 3. The molecule has 2 saturated carbocycles. The third-order valence-electron chi connectivity index (χ3n) is 9.14. The van der Waals surface area contributed by atoms with E-state index in [9.17, 15) is 14.0 Å². The van der Waals surface area contributed by atoms with Crippen LogP contribution in [0.25, 0.3) is 0 Å². The van der Waals surface area contributed by atoms with E-state index in [0.717, 1.165) is 48.5 Å². The molecular formula is C31H37FN4O4S2. The monoisotopic (exact) mass is 612 g/mol. The van der Waals surface area contributed by atoms with Gasteiger partial charge in [0, 0.05) is 10.9 Å². The van der Waals surface area contributed by atoms with E-state index in [4.69, 9.17) is 9.47 Å². The number of para-hydroxylation sites is 1. The van der Waals surface area contributed by atoms with Gasteiger partial charge in [-0.1, -0.05) is 36.7 Å². The quantitative estimate of drug-likeness (QED) is 0.152. The fourth-order valence-corrected chi connectivity index (χ4v) is 9.27. The molecule has 0 saturated heterocycles. The van der Waals surface area contributed by atoms with Crippen molar-refractivity contribution >= 4 is 40.0 Å². The standard InChI is InChI=1S/C31H37FN4O4S2/c1-18(22-15-19-12-13-20(22)14-19)36-26(16-40-24-10-7-6-9-23(24)32)34-35-31(36)41-17-27(37)33-29-28(30(38)39-2)21-8-4-3-5-11-25(21)42-29/h6-7,9-10,18-20,22H,3-5,8,11-17H2,1-2H3,(H,33,37)/t18-,19+,20+,22-/m1/s1. The first-order valence-electron chi connectivity index (χ1n) is 14.9. The van der Waals surface area contributed by atoms with Crippen molar-refractivity contribution in [2.24, 2.45) is 17.8 Å². The summed E-state index contributed by atoms with van der Waals surface area (Å²) in [5.74, 6) is 1.82. The Morgan fingerprint density at radius 3 is 2.76 bits per heavy atom. The highest BCUT2D eigenvalue weighted by Gasteiger charge is 2.43. The van der Waals surface area contributed by atoms with Crippen LogP contribution in [0.4, 0.5) is 9.39 Å².